The van der Waals surface area contributed by atoms with E-state index in [4.69, 9.17) is 9.47 Å². The topological polar surface area (TPSA) is 56.5 Å². The minimum absolute atomic E-state index is 0.551. The van der Waals surface area contributed by atoms with Crippen LogP contribution >= 0.6 is 15.9 Å². The zero-order valence-electron chi connectivity index (χ0n) is 10.9. The molecule has 0 fully saturated rings. The average Bonchev–Trinajstić information content (AvgIpc) is 2.83. The molecule has 1 heterocycles. The van der Waals surface area contributed by atoms with Gasteiger partial charge in [-0.1, -0.05) is 0 Å². The largest absolute Gasteiger partial charge is 0.496 e. The van der Waals surface area contributed by atoms with Crippen LogP contribution in [-0.4, -0.2) is 28.9 Å². The molecule has 102 valence electrons. The summed E-state index contributed by atoms with van der Waals surface area (Å²) in [6.45, 7) is 0. The highest BCUT2D eigenvalue weighted by atomic mass is 79.9. The molecule has 0 spiro atoms. The van der Waals surface area contributed by atoms with Crippen LogP contribution in [0.4, 0.5) is 0 Å². The highest BCUT2D eigenvalue weighted by Crippen LogP contribution is 2.37. The molecule has 2 aromatic rings. The summed E-state index contributed by atoms with van der Waals surface area (Å²) in [7, 11) is 4.96. The van der Waals surface area contributed by atoms with Gasteiger partial charge in [-0.2, -0.15) is 0 Å². The number of benzene rings is 1. The molecule has 1 unspecified atom stereocenters. The number of rotatable bonds is 4. The van der Waals surface area contributed by atoms with E-state index in [9.17, 15) is 5.11 Å². The van der Waals surface area contributed by atoms with Crippen LogP contribution in [-0.2, 0) is 7.05 Å². The van der Waals surface area contributed by atoms with Crippen LogP contribution in [0.2, 0.25) is 0 Å². The van der Waals surface area contributed by atoms with E-state index in [0.717, 1.165) is 4.47 Å². The summed E-state index contributed by atoms with van der Waals surface area (Å²) >= 11 is 3.40. The quantitative estimate of drug-likeness (QED) is 0.936. The monoisotopic (exact) mass is 326 g/mol. The lowest BCUT2D eigenvalue weighted by Crippen LogP contribution is -2.08. The third-order valence-electron chi connectivity index (χ3n) is 2.90. The number of aliphatic hydroxyl groups excluding tert-OH is 1. The predicted molar refractivity (Wildman–Crippen MR) is 74.5 cm³/mol. The first-order valence-electron chi connectivity index (χ1n) is 5.65. The fourth-order valence-electron chi connectivity index (χ4n) is 1.88. The first-order valence-corrected chi connectivity index (χ1v) is 6.44. The van der Waals surface area contributed by atoms with Crippen molar-refractivity contribution in [3.05, 3.63) is 40.4 Å². The number of nitrogens with zero attached hydrogens (tertiary/aromatic N) is 2. The second-order valence-corrected chi connectivity index (χ2v) is 4.88. The van der Waals surface area contributed by atoms with Crippen LogP contribution in [0.15, 0.2) is 29.0 Å². The second-order valence-electron chi connectivity index (χ2n) is 4.03. The molecule has 0 radical (unpaired) electrons. The van der Waals surface area contributed by atoms with Crippen LogP contribution in [0.25, 0.3) is 0 Å². The Morgan fingerprint density at radius 2 is 1.95 bits per heavy atom. The number of ether oxygens (including phenoxy) is 2. The number of imidazole rings is 1. The fraction of sp³-hybridized carbons (Fsp3) is 0.308. The van der Waals surface area contributed by atoms with Crippen LogP contribution in [0.1, 0.15) is 17.5 Å². The van der Waals surface area contributed by atoms with Crippen molar-refractivity contribution in [1.29, 1.82) is 0 Å². The summed E-state index contributed by atoms with van der Waals surface area (Å²) in [6.07, 6.45) is 2.56. The highest BCUT2D eigenvalue weighted by molar-refractivity contribution is 9.10. The standard InChI is InChI=1S/C13H15BrN2O3/c1-16-5-4-15-13(16)12(17)8-6-9(14)11(19-3)7-10(8)18-2/h4-7,12,17H,1-3H3. The second kappa shape index (κ2) is 5.63. The molecule has 0 aliphatic rings. The number of hydrogen-bond donors (Lipinski definition) is 1. The number of halogens is 1. The van der Waals surface area contributed by atoms with Gasteiger partial charge >= 0.3 is 0 Å². The molecule has 1 aromatic carbocycles. The summed E-state index contributed by atoms with van der Waals surface area (Å²) in [5.74, 6) is 1.75. The van der Waals surface area contributed by atoms with Gasteiger partial charge in [-0.3, -0.25) is 0 Å². The van der Waals surface area contributed by atoms with Gasteiger partial charge in [-0.05, 0) is 22.0 Å². The molecule has 0 saturated heterocycles. The average molecular weight is 327 g/mol. The Morgan fingerprint density at radius 1 is 1.26 bits per heavy atom. The van der Waals surface area contributed by atoms with Crippen molar-refractivity contribution in [2.24, 2.45) is 7.05 Å². The zero-order valence-corrected chi connectivity index (χ0v) is 12.5. The van der Waals surface area contributed by atoms with Crippen molar-refractivity contribution >= 4 is 15.9 Å². The Labute approximate surface area is 119 Å². The molecule has 0 saturated carbocycles. The molecule has 1 aromatic heterocycles. The van der Waals surface area contributed by atoms with Crippen molar-refractivity contribution in [3.63, 3.8) is 0 Å². The first kappa shape index (κ1) is 13.9. The van der Waals surface area contributed by atoms with Crippen LogP contribution in [0.5, 0.6) is 11.5 Å². The number of aromatic nitrogens is 2. The van der Waals surface area contributed by atoms with E-state index in [1.807, 2.05) is 7.05 Å². The molecule has 2 rings (SSSR count). The van der Waals surface area contributed by atoms with Crippen molar-refractivity contribution in [2.75, 3.05) is 14.2 Å². The zero-order chi connectivity index (χ0) is 14.0. The van der Waals surface area contributed by atoms with Crippen molar-refractivity contribution in [1.82, 2.24) is 9.55 Å². The van der Waals surface area contributed by atoms with Gasteiger partial charge in [0.2, 0.25) is 0 Å². The Bertz CT molecular complexity index is 583. The summed E-state index contributed by atoms with van der Waals surface area (Å²) in [6, 6.07) is 3.50. The maximum atomic E-state index is 10.4. The van der Waals surface area contributed by atoms with Gasteiger partial charge in [0.1, 0.15) is 23.4 Å². The maximum Gasteiger partial charge on any atom is 0.142 e. The number of aliphatic hydroxyl groups is 1. The predicted octanol–water partition coefficient (Wildman–Crippen LogP) is 2.28. The highest BCUT2D eigenvalue weighted by Gasteiger charge is 2.21. The van der Waals surface area contributed by atoms with Crippen molar-refractivity contribution in [3.8, 4) is 11.5 Å². The number of hydrogen-bond acceptors (Lipinski definition) is 4. The lowest BCUT2D eigenvalue weighted by molar-refractivity contribution is 0.201. The summed E-state index contributed by atoms with van der Waals surface area (Å²) in [4.78, 5) is 4.15. The Morgan fingerprint density at radius 3 is 2.47 bits per heavy atom. The van der Waals surface area contributed by atoms with E-state index in [2.05, 4.69) is 20.9 Å². The Kier molecular flexibility index (Phi) is 4.11. The van der Waals surface area contributed by atoms with Gasteiger partial charge in [0, 0.05) is 31.1 Å². The van der Waals surface area contributed by atoms with E-state index in [1.54, 1.807) is 43.3 Å². The summed E-state index contributed by atoms with van der Waals surface area (Å²) in [5.41, 5.74) is 0.629. The van der Waals surface area contributed by atoms with Crippen LogP contribution in [0, 0.1) is 0 Å². The van der Waals surface area contributed by atoms with Gasteiger partial charge < -0.3 is 19.1 Å². The van der Waals surface area contributed by atoms with E-state index >= 15 is 0 Å². The third-order valence-corrected chi connectivity index (χ3v) is 3.52. The van der Waals surface area contributed by atoms with E-state index < -0.39 is 6.10 Å². The van der Waals surface area contributed by atoms with E-state index in [-0.39, 0.29) is 0 Å². The van der Waals surface area contributed by atoms with E-state index in [0.29, 0.717) is 22.9 Å². The molecular weight excluding hydrogens is 312 g/mol. The van der Waals surface area contributed by atoms with Gasteiger partial charge in [0.25, 0.3) is 0 Å². The van der Waals surface area contributed by atoms with E-state index in [1.165, 1.54) is 0 Å². The molecule has 0 bridgehead atoms. The number of aryl methyl sites for hydroxylation is 1. The van der Waals surface area contributed by atoms with Gasteiger partial charge in [0.05, 0.1) is 18.7 Å². The summed E-state index contributed by atoms with van der Waals surface area (Å²) in [5, 5.41) is 10.4. The van der Waals surface area contributed by atoms with Crippen molar-refractivity contribution < 1.29 is 14.6 Å². The lowest BCUT2D eigenvalue weighted by Gasteiger charge is -2.16. The Balaban J connectivity index is 2.50. The number of methoxy groups -OCH3 is 2. The normalized spacial score (nSPS) is 12.3. The molecule has 0 amide bonds. The molecule has 0 aliphatic heterocycles. The van der Waals surface area contributed by atoms with Gasteiger partial charge in [0.15, 0.2) is 0 Å². The summed E-state index contributed by atoms with van der Waals surface area (Å²) < 4.78 is 13.0. The Hall–Kier alpha value is -1.53. The van der Waals surface area contributed by atoms with Gasteiger partial charge in [-0.25, -0.2) is 4.98 Å². The minimum atomic E-state index is -0.864. The third kappa shape index (κ3) is 2.59. The molecule has 19 heavy (non-hydrogen) atoms. The fourth-order valence-corrected chi connectivity index (χ4v) is 2.40. The van der Waals surface area contributed by atoms with Crippen LogP contribution in [0.3, 0.4) is 0 Å². The molecule has 6 heteroatoms. The molecule has 1 atom stereocenters. The maximum absolute atomic E-state index is 10.4. The van der Waals surface area contributed by atoms with Crippen molar-refractivity contribution in [2.45, 2.75) is 6.10 Å². The molecular formula is C13H15BrN2O3. The molecule has 5 nitrogen and oxygen atoms in total. The molecule has 1 N–H and O–H groups in total. The van der Waals surface area contributed by atoms with Crippen LogP contribution < -0.4 is 9.47 Å². The molecule has 0 aliphatic carbocycles. The SMILES string of the molecule is COc1cc(OC)c(C(O)c2nccn2C)cc1Br. The minimum Gasteiger partial charge on any atom is -0.496 e. The lowest BCUT2D eigenvalue weighted by atomic mass is 10.1. The van der Waals surface area contributed by atoms with Gasteiger partial charge in [-0.15, -0.1) is 0 Å². The smallest absolute Gasteiger partial charge is 0.142 e. The first-order chi connectivity index (χ1) is 9.08.